The summed E-state index contributed by atoms with van der Waals surface area (Å²) in [4.78, 5) is 12.0. The number of hydrogen-bond acceptors (Lipinski definition) is 4. The van der Waals surface area contributed by atoms with E-state index in [9.17, 15) is 13.2 Å². The van der Waals surface area contributed by atoms with Crippen molar-refractivity contribution in [3.05, 3.63) is 23.3 Å². The molecule has 0 aromatic carbocycles. The summed E-state index contributed by atoms with van der Waals surface area (Å²) in [5.41, 5.74) is 2.73. The van der Waals surface area contributed by atoms with Gasteiger partial charge in [-0.2, -0.15) is 8.42 Å². The third kappa shape index (κ3) is 2.96. The second-order valence-electron chi connectivity index (χ2n) is 9.69. The van der Waals surface area contributed by atoms with Crippen molar-refractivity contribution in [1.82, 2.24) is 0 Å². The van der Waals surface area contributed by atoms with Gasteiger partial charge in [0.05, 0.1) is 12.4 Å². The predicted molar refractivity (Wildman–Crippen MR) is 106 cm³/mol. The second kappa shape index (κ2) is 6.28. The van der Waals surface area contributed by atoms with Crippen LogP contribution in [-0.2, 0) is 19.1 Å². The maximum atomic E-state index is 12.0. The van der Waals surface area contributed by atoms with Gasteiger partial charge in [0.2, 0.25) is 0 Å². The average molecular weight is 393 g/mol. The molecule has 3 fully saturated rings. The summed E-state index contributed by atoms with van der Waals surface area (Å²) in [7, 11) is -3.47. The Balaban J connectivity index is 1.68. The van der Waals surface area contributed by atoms with Crippen LogP contribution in [0.25, 0.3) is 0 Å². The molecular formula is C22H32O4S. The highest BCUT2D eigenvalue weighted by Gasteiger charge is 2.60. The largest absolute Gasteiger partial charge is 0.295 e. The number of carbonyl (C=O) groups excluding carboxylic acids is 1. The molecule has 150 valence electrons. The van der Waals surface area contributed by atoms with E-state index < -0.39 is 10.1 Å². The van der Waals surface area contributed by atoms with Crippen LogP contribution in [0.5, 0.6) is 0 Å². The van der Waals surface area contributed by atoms with Crippen molar-refractivity contribution in [1.29, 1.82) is 0 Å². The molecule has 4 aliphatic rings. The summed E-state index contributed by atoms with van der Waals surface area (Å²) < 4.78 is 29.2. The Morgan fingerprint density at radius 2 is 1.85 bits per heavy atom. The van der Waals surface area contributed by atoms with Gasteiger partial charge in [-0.15, -0.1) is 0 Å². The van der Waals surface area contributed by atoms with Gasteiger partial charge >= 0.3 is 0 Å². The Hall–Kier alpha value is -0.940. The van der Waals surface area contributed by atoms with Crippen LogP contribution < -0.4 is 0 Å². The summed E-state index contributed by atoms with van der Waals surface area (Å²) >= 11 is 0. The van der Waals surface area contributed by atoms with Gasteiger partial charge in [0.1, 0.15) is 0 Å². The Kier molecular flexibility index (Phi) is 4.51. The number of hydrogen-bond donors (Lipinski definition) is 0. The molecule has 0 radical (unpaired) electrons. The predicted octanol–water partition coefficient (Wildman–Crippen LogP) is 4.42. The van der Waals surface area contributed by atoms with Crippen molar-refractivity contribution >= 4 is 15.9 Å². The minimum absolute atomic E-state index is 0.0351. The van der Waals surface area contributed by atoms with E-state index in [1.807, 2.05) is 13.0 Å². The SMILES string of the molecule is C/C=C1\C(OS(C)(=O)=O)CC2C3CCC4=CC(=O)CCC4(C)C3CCC12C. The molecule has 0 aromatic heterocycles. The van der Waals surface area contributed by atoms with Gasteiger partial charge in [-0.25, -0.2) is 0 Å². The number of fused-ring (bicyclic) bond motifs is 5. The molecule has 4 rings (SSSR count). The van der Waals surface area contributed by atoms with Crippen LogP contribution in [0.1, 0.15) is 65.7 Å². The first-order valence-corrected chi connectivity index (χ1v) is 12.2. The highest BCUT2D eigenvalue weighted by Crippen LogP contribution is 2.66. The minimum atomic E-state index is -3.47. The van der Waals surface area contributed by atoms with Crippen LogP contribution in [-0.4, -0.2) is 26.6 Å². The van der Waals surface area contributed by atoms with E-state index >= 15 is 0 Å². The minimum Gasteiger partial charge on any atom is -0.295 e. The zero-order chi connectivity index (χ0) is 19.6. The van der Waals surface area contributed by atoms with Gasteiger partial charge in [0, 0.05) is 6.42 Å². The lowest BCUT2D eigenvalue weighted by Gasteiger charge is -2.57. The fraction of sp³-hybridized carbons (Fsp3) is 0.773. The van der Waals surface area contributed by atoms with E-state index in [0.29, 0.717) is 30.0 Å². The molecule has 4 aliphatic carbocycles. The maximum absolute atomic E-state index is 12.0. The molecule has 0 aromatic rings. The summed E-state index contributed by atoms with van der Waals surface area (Å²) in [5.74, 6) is 1.94. The van der Waals surface area contributed by atoms with Crippen molar-refractivity contribution in [3.8, 4) is 0 Å². The van der Waals surface area contributed by atoms with Crippen LogP contribution in [0.4, 0.5) is 0 Å². The molecule has 0 aliphatic heterocycles. The molecule has 3 saturated carbocycles. The molecular weight excluding hydrogens is 360 g/mol. The lowest BCUT2D eigenvalue weighted by molar-refractivity contribution is -0.117. The summed E-state index contributed by atoms with van der Waals surface area (Å²) in [6.07, 6.45) is 11.7. The fourth-order valence-corrected chi connectivity index (χ4v) is 7.82. The molecule has 0 bridgehead atoms. The van der Waals surface area contributed by atoms with Crippen LogP contribution >= 0.6 is 0 Å². The van der Waals surface area contributed by atoms with E-state index in [0.717, 1.165) is 44.8 Å². The summed E-state index contributed by atoms with van der Waals surface area (Å²) in [5, 5.41) is 0. The fourth-order valence-electron chi connectivity index (χ4n) is 7.22. The third-order valence-electron chi connectivity index (χ3n) is 8.43. The molecule has 0 heterocycles. The average Bonchev–Trinajstić information content (AvgIpc) is 2.84. The van der Waals surface area contributed by atoms with Crippen LogP contribution in [0.2, 0.25) is 0 Å². The first-order chi connectivity index (χ1) is 12.6. The Bertz CT molecular complexity index is 823. The molecule has 0 N–H and O–H groups in total. The van der Waals surface area contributed by atoms with Crippen molar-refractivity contribution in [2.24, 2.45) is 28.6 Å². The van der Waals surface area contributed by atoms with E-state index in [1.54, 1.807) is 0 Å². The second-order valence-corrected chi connectivity index (χ2v) is 11.3. The van der Waals surface area contributed by atoms with Gasteiger partial charge in [0.15, 0.2) is 5.78 Å². The van der Waals surface area contributed by atoms with E-state index in [1.165, 1.54) is 11.1 Å². The zero-order valence-electron chi connectivity index (χ0n) is 17.0. The first kappa shape index (κ1) is 19.4. The van der Waals surface area contributed by atoms with Crippen molar-refractivity contribution in [2.45, 2.75) is 71.8 Å². The molecule has 5 heteroatoms. The van der Waals surface area contributed by atoms with Gasteiger partial charge in [-0.05, 0) is 85.7 Å². The molecule has 6 atom stereocenters. The molecule has 0 amide bonds. The molecule has 6 unspecified atom stereocenters. The monoisotopic (exact) mass is 392 g/mol. The van der Waals surface area contributed by atoms with Crippen molar-refractivity contribution in [2.75, 3.05) is 6.26 Å². The number of ketones is 1. The number of allylic oxidation sites excluding steroid dienone is 2. The number of rotatable bonds is 2. The smallest absolute Gasteiger partial charge is 0.264 e. The lowest BCUT2D eigenvalue weighted by atomic mass is 9.47. The number of carbonyl (C=O) groups is 1. The highest BCUT2D eigenvalue weighted by atomic mass is 32.2. The van der Waals surface area contributed by atoms with Crippen LogP contribution in [0.15, 0.2) is 23.3 Å². The van der Waals surface area contributed by atoms with Crippen LogP contribution in [0.3, 0.4) is 0 Å². The van der Waals surface area contributed by atoms with Gasteiger partial charge in [-0.3, -0.25) is 8.98 Å². The Labute approximate surface area is 163 Å². The van der Waals surface area contributed by atoms with Gasteiger partial charge < -0.3 is 0 Å². The molecule has 4 nitrogen and oxygen atoms in total. The molecule has 0 spiro atoms. The van der Waals surface area contributed by atoms with Gasteiger partial charge in [0.25, 0.3) is 10.1 Å². The maximum Gasteiger partial charge on any atom is 0.264 e. The summed E-state index contributed by atoms with van der Waals surface area (Å²) in [6, 6.07) is 0. The van der Waals surface area contributed by atoms with Gasteiger partial charge in [-0.1, -0.05) is 25.5 Å². The third-order valence-corrected chi connectivity index (χ3v) is 9.01. The highest BCUT2D eigenvalue weighted by molar-refractivity contribution is 7.86. The van der Waals surface area contributed by atoms with E-state index in [2.05, 4.69) is 19.9 Å². The molecule has 0 saturated heterocycles. The normalized spacial score (nSPS) is 45.9. The molecule has 27 heavy (non-hydrogen) atoms. The van der Waals surface area contributed by atoms with Crippen LogP contribution in [0, 0.1) is 28.6 Å². The quantitative estimate of drug-likeness (QED) is 0.515. The Morgan fingerprint density at radius 3 is 2.52 bits per heavy atom. The standard InChI is InChI=1S/C22H32O4S/c1-5-17-20(26-27(4,24)25)13-19-16-7-6-14-12-15(23)8-10-21(14,2)18(16)9-11-22(17,19)3/h5,12,16,18-20H,6-11,13H2,1-4H3/b17-5+. The summed E-state index contributed by atoms with van der Waals surface area (Å²) in [6.45, 7) is 6.72. The Morgan fingerprint density at radius 1 is 1.11 bits per heavy atom. The van der Waals surface area contributed by atoms with Crippen molar-refractivity contribution in [3.63, 3.8) is 0 Å². The van der Waals surface area contributed by atoms with Crippen molar-refractivity contribution < 1.29 is 17.4 Å². The van der Waals surface area contributed by atoms with E-state index in [4.69, 9.17) is 4.18 Å². The zero-order valence-corrected chi connectivity index (χ0v) is 17.8. The first-order valence-electron chi connectivity index (χ1n) is 10.4. The topological polar surface area (TPSA) is 60.4 Å². The lowest BCUT2D eigenvalue weighted by Crippen LogP contribution is -2.49. The van der Waals surface area contributed by atoms with E-state index in [-0.39, 0.29) is 16.9 Å².